The van der Waals surface area contributed by atoms with Crippen LogP contribution in [0.25, 0.3) is 0 Å². The first-order valence-corrected chi connectivity index (χ1v) is 8.77. The van der Waals surface area contributed by atoms with Crippen LogP contribution in [0.2, 0.25) is 0 Å². The predicted molar refractivity (Wildman–Crippen MR) is 80.2 cm³/mol. The summed E-state index contributed by atoms with van der Waals surface area (Å²) in [5.74, 6) is -0.794. The van der Waals surface area contributed by atoms with Crippen molar-refractivity contribution in [2.75, 3.05) is 19.6 Å². The van der Waals surface area contributed by atoms with E-state index in [1.54, 1.807) is 0 Å². The number of halogens is 2. The summed E-state index contributed by atoms with van der Waals surface area (Å²) in [4.78, 5) is 2.04. The van der Waals surface area contributed by atoms with Gasteiger partial charge in [0.15, 0.2) is 0 Å². The monoisotopic (exact) mass is 333 g/mol. The topological polar surface area (TPSA) is 75.4 Å². The van der Waals surface area contributed by atoms with Crippen LogP contribution in [0.15, 0.2) is 18.2 Å². The zero-order valence-corrected chi connectivity index (χ0v) is 13.2. The highest BCUT2D eigenvalue weighted by molar-refractivity contribution is 7.87. The maximum absolute atomic E-state index is 13.9. The van der Waals surface area contributed by atoms with Gasteiger partial charge in [-0.25, -0.2) is 18.6 Å². The molecule has 1 fully saturated rings. The van der Waals surface area contributed by atoms with Crippen LogP contribution in [0.5, 0.6) is 0 Å². The molecule has 22 heavy (non-hydrogen) atoms. The molecular weight excluding hydrogens is 312 g/mol. The van der Waals surface area contributed by atoms with E-state index >= 15 is 0 Å². The molecule has 0 amide bonds. The Hall–Kier alpha value is -1.09. The Balaban J connectivity index is 2.03. The van der Waals surface area contributed by atoms with E-state index in [0.29, 0.717) is 12.1 Å². The zero-order chi connectivity index (χ0) is 16.3. The van der Waals surface area contributed by atoms with Crippen molar-refractivity contribution in [3.63, 3.8) is 0 Å². The molecule has 1 heterocycles. The summed E-state index contributed by atoms with van der Waals surface area (Å²) in [6.45, 7) is 3.46. The number of hydrogen-bond donors (Lipinski definition) is 2. The molecule has 3 N–H and O–H groups in total. The Labute approximate surface area is 129 Å². The molecule has 1 aromatic carbocycles. The van der Waals surface area contributed by atoms with E-state index in [0.717, 1.165) is 31.5 Å². The van der Waals surface area contributed by atoms with Crippen molar-refractivity contribution in [2.24, 2.45) is 11.1 Å². The second-order valence-corrected chi connectivity index (χ2v) is 7.12. The Morgan fingerprint density at radius 2 is 2.18 bits per heavy atom. The molecule has 0 bridgehead atoms. The molecule has 0 saturated carbocycles. The summed E-state index contributed by atoms with van der Waals surface area (Å²) in [6.07, 6.45) is 1.75. The molecule has 1 saturated heterocycles. The maximum atomic E-state index is 13.9. The molecule has 124 valence electrons. The fourth-order valence-corrected chi connectivity index (χ4v) is 3.35. The van der Waals surface area contributed by atoms with Crippen LogP contribution >= 0.6 is 0 Å². The average molecular weight is 333 g/mol. The maximum Gasteiger partial charge on any atom is 0.274 e. The van der Waals surface area contributed by atoms with Crippen molar-refractivity contribution in [1.29, 1.82) is 0 Å². The van der Waals surface area contributed by atoms with Gasteiger partial charge >= 0.3 is 0 Å². The first kappa shape index (κ1) is 17.3. The number of benzene rings is 1. The van der Waals surface area contributed by atoms with Crippen molar-refractivity contribution in [1.82, 2.24) is 9.62 Å². The minimum atomic E-state index is -3.70. The fraction of sp³-hybridized carbons (Fsp3) is 0.571. The third-order valence-electron chi connectivity index (χ3n) is 4.08. The number of nitrogens with zero attached hydrogens (tertiary/aromatic N) is 1. The Bertz CT molecular complexity index is 625. The Morgan fingerprint density at radius 3 is 2.86 bits per heavy atom. The highest BCUT2D eigenvalue weighted by Crippen LogP contribution is 2.28. The molecule has 1 aliphatic rings. The van der Waals surface area contributed by atoms with Gasteiger partial charge in [-0.2, -0.15) is 8.42 Å². The predicted octanol–water partition coefficient (Wildman–Crippen LogP) is 1.53. The molecule has 0 aromatic heterocycles. The number of likely N-dealkylation sites (tertiary alicyclic amines) is 1. The first-order chi connectivity index (χ1) is 10.3. The third kappa shape index (κ3) is 4.70. The van der Waals surface area contributed by atoms with Crippen molar-refractivity contribution in [2.45, 2.75) is 25.8 Å². The summed E-state index contributed by atoms with van der Waals surface area (Å²) in [5, 5.41) is 4.93. The van der Waals surface area contributed by atoms with Gasteiger partial charge in [0.1, 0.15) is 11.6 Å². The van der Waals surface area contributed by atoms with E-state index in [4.69, 9.17) is 5.14 Å². The molecule has 0 aliphatic carbocycles. The molecule has 1 aromatic rings. The van der Waals surface area contributed by atoms with Crippen LogP contribution in [0.1, 0.15) is 31.4 Å². The normalized spacial score (nSPS) is 21.7. The highest BCUT2D eigenvalue weighted by atomic mass is 32.2. The molecule has 0 unspecified atom stereocenters. The molecule has 0 radical (unpaired) electrons. The van der Waals surface area contributed by atoms with Crippen LogP contribution in [0, 0.1) is 17.6 Å². The van der Waals surface area contributed by atoms with Gasteiger partial charge in [0.25, 0.3) is 10.2 Å². The summed E-state index contributed by atoms with van der Waals surface area (Å²) in [7, 11) is -3.70. The zero-order valence-electron chi connectivity index (χ0n) is 12.4. The van der Waals surface area contributed by atoms with Gasteiger partial charge in [0.05, 0.1) is 0 Å². The molecular formula is C14H21F2N3O2S. The van der Waals surface area contributed by atoms with E-state index in [9.17, 15) is 17.2 Å². The van der Waals surface area contributed by atoms with Gasteiger partial charge in [-0.3, -0.25) is 4.90 Å². The van der Waals surface area contributed by atoms with Crippen molar-refractivity contribution < 1.29 is 17.2 Å². The molecule has 0 spiro atoms. The van der Waals surface area contributed by atoms with Crippen LogP contribution in [-0.2, 0) is 10.2 Å². The minimum absolute atomic E-state index is 0.103. The number of nitrogens with two attached hydrogens (primary N) is 1. The van der Waals surface area contributed by atoms with Gasteiger partial charge in [-0.1, -0.05) is 0 Å². The van der Waals surface area contributed by atoms with Crippen molar-refractivity contribution >= 4 is 10.2 Å². The number of rotatable bonds is 5. The highest BCUT2D eigenvalue weighted by Gasteiger charge is 2.26. The van der Waals surface area contributed by atoms with Crippen LogP contribution in [0.3, 0.4) is 0 Å². The van der Waals surface area contributed by atoms with Gasteiger partial charge < -0.3 is 0 Å². The van der Waals surface area contributed by atoms with Gasteiger partial charge in [0.2, 0.25) is 0 Å². The van der Waals surface area contributed by atoms with E-state index in [1.165, 1.54) is 6.07 Å². The lowest BCUT2D eigenvalue weighted by molar-refractivity contribution is 0.131. The van der Waals surface area contributed by atoms with Gasteiger partial charge in [-0.15, -0.1) is 0 Å². The summed E-state index contributed by atoms with van der Waals surface area (Å²) >= 11 is 0. The second-order valence-electron chi connectivity index (χ2n) is 5.74. The largest absolute Gasteiger partial charge is 0.296 e. The van der Waals surface area contributed by atoms with E-state index in [-0.39, 0.29) is 18.5 Å². The SMILES string of the molecule is C[C@H](c1cc(F)ccc1F)N1CCC[C@@H](CNS(N)(=O)=O)C1. The number of hydrogen-bond acceptors (Lipinski definition) is 3. The van der Waals surface area contributed by atoms with E-state index < -0.39 is 21.8 Å². The van der Waals surface area contributed by atoms with E-state index in [1.807, 2.05) is 11.8 Å². The van der Waals surface area contributed by atoms with Crippen LogP contribution < -0.4 is 9.86 Å². The lowest BCUT2D eigenvalue weighted by atomic mass is 9.95. The van der Waals surface area contributed by atoms with Crippen LogP contribution in [0.4, 0.5) is 8.78 Å². The average Bonchev–Trinajstić information content (AvgIpc) is 2.46. The molecule has 2 atom stereocenters. The summed E-state index contributed by atoms with van der Waals surface area (Å²) in [5.41, 5.74) is 0.319. The Kier molecular flexibility index (Phi) is 5.49. The lowest BCUT2D eigenvalue weighted by Gasteiger charge is -2.37. The smallest absolute Gasteiger partial charge is 0.274 e. The second kappa shape index (κ2) is 6.99. The Morgan fingerprint density at radius 1 is 1.45 bits per heavy atom. The quantitative estimate of drug-likeness (QED) is 0.858. The fourth-order valence-electron chi connectivity index (χ4n) is 2.88. The van der Waals surface area contributed by atoms with Crippen molar-refractivity contribution in [3.8, 4) is 0 Å². The summed E-state index contributed by atoms with van der Waals surface area (Å²) < 4.78 is 51.4. The standard InChI is InChI=1S/C14H21F2N3O2S/c1-10(13-7-12(15)4-5-14(13)16)19-6-2-3-11(9-19)8-18-22(17,20)21/h4-5,7,10-11,18H,2-3,6,8-9H2,1H3,(H2,17,20,21)/t10-,11+/m1/s1. The van der Waals surface area contributed by atoms with Crippen LogP contribution in [-0.4, -0.2) is 33.0 Å². The van der Waals surface area contributed by atoms with Gasteiger partial charge in [0, 0.05) is 24.7 Å². The first-order valence-electron chi connectivity index (χ1n) is 7.22. The molecule has 2 rings (SSSR count). The number of piperidine rings is 1. The molecule has 5 nitrogen and oxygen atoms in total. The minimum Gasteiger partial charge on any atom is -0.296 e. The lowest BCUT2D eigenvalue weighted by Crippen LogP contribution is -2.43. The van der Waals surface area contributed by atoms with E-state index in [2.05, 4.69) is 4.72 Å². The van der Waals surface area contributed by atoms with Crippen molar-refractivity contribution in [3.05, 3.63) is 35.4 Å². The van der Waals surface area contributed by atoms with Gasteiger partial charge in [-0.05, 0) is 50.4 Å². The molecule has 8 heteroatoms. The number of nitrogens with one attached hydrogen (secondary N) is 1. The summed E-state index contributed by atoms with van der Waals surface area (Å²) in [6, 6.07) is 3.17. The third-order valence-corrected chi connectivity index (χ3v) is 4.65. The molecule has 1 aliphatic heterocycles.